The molecule has 106 valence electrons. The van der Waals surface area contributed by atoms with Crippen LogP contribution in [0, 0.1) is 0 Å². The Bertz CT molecular complexity index is 300. The van der Waals surface area contributed by atoms with E-state index in [2.05, 4.69) is 4.90 Å². The van der Waals surface area contributed by atoms with Crippen molar-refractivity contribution in [2.24, 2.45) is 5.73 Å². The van der Waals surface area contributed by atoms with Crippen LogP contribution < -0.4 is 5.73 Å². The smallest absolute Gasteiger partial charge is 0.401 e. The zero-order chi connectivity index (χ0) is 13.9. The van der Waals surface area contributed by atoms with Gasteiger partial charge < -0.3 is 5.73 Å². The van der Waals surface area contributed by atoms with E-state index in [1.807, 2.05) is 20.8 Å². The zero-order valence-electron chi connectivity index (χ0n) is 11.2. The molecule has 6 heteroatoms. The van der Waals surface area contributed by atoms with Crippen LogP contribution in [0.2, 0.25) is 0 Å². The molecule has 2 N–H and O–H groups in total. The fraction of sp³-hybridized carbons (Fsp3) is 0.833. The highest BCUT2D eigenvalue weighted by Gasteiger charge is 2.32. The summed E-state index contributed by atoms with van der Waals surface area (Å²) in [6, 6.07) is 0.100. The molecule has 0 spiro atoms. The van der Waals surface area contributed by atoms with E-state index in [1.165, 1.54) is 4.90 Å². The van der Waals surface area contributed by atoms with Crippen LogP contribution in [0.15, 0.2) is 11.3 Å². The Morgan fingerprint density at radius 2 is 1.67 bits per heavy atom. The highest BCUT2D eigenvalue weighted by molar-refractivity contribution is 5.12. The summed E-state index contributed by atoms with van der Waals surface area (Å²) in [4.78, 5) is 3.58. The molecule has 18 heavy (non-hydrogen) atoms. The van der Waals surface area contributed by atoms with Crippen LogP contribution in [0.4, 0.5) is 13.2 Å². The van der Waals surface area contributed by atoms with Crippen molar-refractivity contribution in [3.8, 4) is 0 Å². The Morgan fingerprint density at radius 1 is 1.17 bits per heavy atom. The van der Waals surface area contributed by atoms with Gasteiger partial charge in [-0.05, 0) is 20.8 Å². The van der Waals surface area contributed by atoms with E-state index < -0.39 is 12.7 Å². The van der Waals surface area contributed by atoms with Crippen LogP contribution >= 0.6 is 0 Å². The lowest BCUT2D eigenvalue weighted by molar-refractivity contribution is -0.149. The van der Waals surface area contributed by atoms with Gasteiger partial charge >= 0.3 is 6.18 Å². The highest BCUT2D eigenvalue weighted by Crippen LogP contribution is 2.19. The van der Waals surface area contributed by atoms with E-state index in [-0.39, 0.29) is 6.04 Å². The second kappa shape index (κ2) is 5.93. The van der Waals surface area contributed by atoms with E-state index in [4.69, 9.17) is 5.73 Å². The summed E-state index contributed by atoms with van der Waals surface area (Å²) in [5, 5.41) is 0. The number of hydrogen-bond donors (Lipinski definition) is 1. The van der Waals surface area contributed by atoms with Crippen molar-refractivity contribution in [2.45, 2.75) is 33.0 Å². The lowest BCUT2D eigenvalue weighted by atomic mass is 10.1. The first-order valence-corrected chi connectivity index (χ1v) is 6.16. The van der Waals surface area contributed by atoms with Gasteiger partial charge in [0.2, 0.25) is 0 Å². The number of nitrogens with two attached hydrogens (primary N) is 1. The Labute approximate surface area is 106 Å². The predicted octanol–water partition coefficient (Wildman–Crippen LogP) is 1.81. The molecule has 0 aromatic heterocycles. The maximum Gasteiger partial charge on any atom is 0.401 e. The third-order valence-electron chi connectivity index (χ3n) is 3.38. The molecule has 3 nitrogen and oxygen atoms in total. The maximum atomic E-state index is 12.2. The maximum absolute atomic E-state index is 12.2. The molecular formula is C12H22F3N3. The number of rotatable bonds is 3. The molecule has 0 bridgehead atoms. The minimum atomic E-state index is -4.10. The van der Waals surface area contributed by atoms with Crippen molar-refractivity contribution in [1.29, 1.82) is 0 Å². The topological polar surface area (TPSA) is 32.5 Å². The van der Waals surface area contributed by atoms with Gasteiger partial charge in [-0.15, -0.1) is 0 Å². The van der Waals surface area contributed by atoms with E-state index in [0.29, 0.717) is 26.2 Å². The Morgan fingerprint density at radius 3 is 2.06 bits per heavy atom. The summed E-state index contributed by atoms with van der Waals surface area (Å²) >= 11 is 0. The third-order valence-corrected chi connectivity index (χ3v) is 3.38. The van der Waals surface area contributed by atoms with Crippen LogP contribution in [0.5, 0.6) is 0 Å². The van der Waals surface area contributed by atoms with Crippen LogP contribution in [-0.2, 0) is 0 Å². The van der Waals surface area contributed by atoms with Crippen LogP contribution in [-0.4, -0.2) is 54.7 Å². The quantitative estimate of drug-likeness (QED) is 0.844. The standard InChI is InChI=1S/C12H22F3N3/c1-9(2)11(16)10(3)18-6-4-17(5-7-18)8-12(13,14)15/h10H,4-8,16H2,1-3H3. The average Bonchev–Trinajstić information content (AvgIpc) is 2.26. The van der Waals surface area contributed by atoms with Crippen molar-refractivity contribution in [2.75, 3.05) is 32.7 Å². The predicted molar refractivity (Wildman–Crippen MR) is 66.1 cm³/mol. The molecule has 1 aliphatic rings. The Kier molecular flexibility index (Phi) is 5.04. The minimum Gasteiger partial charge on any atom is -0.401 e. The fourth-order valence-corrected chi connectivity index (χ4v) is 2.18. The fourth-order valence-electron chi connectivity index (χ4n) is 2.18. The molecule has 1 aliphatic heterocycles. The van der Waals surface area contributed by atoms with Gasteiger partial charge in [-0.1, -0.05) is 5.57 Å². The van der Waals surface area contributed by atoms with E-state index in [1.54, 1.807) is 0 Å². The number of hydrogen-bond acceptors (Lipinski definition) is 3. The Hall–Kier alpha value is -0.750. The summed E-state index contributed by atoms with van der Waals surface area (Å²) in [6.07, 6.45) is -4.10. The lowest BCUT2D eigenvalue weighted by Crippen LogP contribution is -2.52. The molecule has 0 aromatic carbocycles. The molecule has 1 heterocycles. The largest absolute Gasteiger partial charge is 0.401 e. The molecule has 1 saturated heterocycles. The van der Waals surface area contributed by atoms with Crippen molar-refractivity contribution >= 4 is 0 Å². The summed E-state index contributed by atoms with van der Waals surface area (Å²) in [5.41, 5.74) is 7.86. The molecule has 0 amide bonds. The van der Waals surface area contributed by atoms with Crippen molar-refractivity contribution in [3.63, 3.8) is 0 Å². The number of allylic oxidation sites excluding steroid dienone is 1. The van der Waals surface area contributed by atoms with Gasteiger partial charge in [-0.3, -0.25) is 9.80 Å². The summed E-state index contributed by atoms with van der Waals surface area (Å²) in [5.74, 6) is 0. The second-order valence-electron chi connectivity index (χ2n) is 5.06. The highest BCUT2D eigenvalue weighted by atomic mass is 19.4. The van der Waals surface area contributed by atoms with Gasteiger partial charge in [0.25, 0.3) is 0 Å². The normalized spacial score (nSPS) is 20.8. The molecule has 0 aromatic rings. The third kappa shape index (κ3) is 4.49. The molecule has 1 atom stereocenters. The van der Waals surface area contributed by atoms with E-state index in [0.717, 1.165) is 11.3 Å². The molecule has 0 aliphatic carbocycles. The first kappa shape index (κ1) is 15.3. The lowest BCUT2D eigenvalue weighted by Gasteiger charge is -2.38. The van der Waals surface area contributed by atoms with Gasteiger partial charge in [0.05, 0.1) is 6.54 Å². The molecule has 0 radical (unpaired) electrons. The van der Waals surface area contributed by atoms with Gasteiger partial charge in [0.1, 0.15) is 0 Å². The SMILES string of the molecule is CC(C)=C(N)C(C)N1CCN(CC(F)(F)F)CC1. The van der Waals surface area contributed by atoms with E-state index >= 15 is 0 Å². The van der Waals surface area contributed by atoms with Gasteiger partial charge in [-0.2, -0.15) is 13.2 Å². The monoisotopic (exact) mass is 265 g/mol. The van der Waals surface area contributed by atoms with Crippen LogP contribution in [0.1, 0.15) is 20.8 Å². The number of alkyl halides is 3. The number of nitrogens with zero attached hydrogens (tertiary/aromatic N) is 2. The van der Waals surface area contributed by atoms with Crippen LogP contribution in [0.3, 0.4) is 0 Å². The van der Waals surface area contributed by atoms with Gasteiger partial charge in [0.15, 0.2) is 0 Å². The first-order valence-electron chi connectivity index (χ1n) is 6.16. The van der Waals surface area contributed by atoms with E-state index in [9.17, 15) is 13.2 Å². The molecule has 1 rings (SSSR count). The number of halogens is 3. The Balaban J connectivity index is 2.47. The summed E-state index contributed by atoms with van der Waals surface area (Å²) < 4.78 is 36.7. The second-order valence-corrected chi connectivity index (χ2v) is 5.06. The van der Waals surface area contributed by atoms with Crippen molar-refractivity contribution in [1.82, 2.24) is 9.80 Å². The molecule has 1 fully saturated rings. The van der Waals surface area contributed by atoms with Gasteiger partial charge in [-0.25, -0.2) is 0 Å². The zero-order valence-corrected chi connectivity index (χ0v) is 11.2. The molecule has 0 saturated carbocycles. The van der Waals surface area contributed by atoms with Crippen molar-refractivity contribution < 1.29 is 13.2 Å². The average molecular weight is 265 g/mol. The van der Waals surface area contributed by atoms with Crippen molar-refractivity contribution in [3.05, 3.63) is 11.3 Å². The first-order chi connectivity index (χ1) is 8.20. The summed E-state index contributed by atoms with van der Waals surface area (Å²) in [7, 11) is 0. The van der Waals surface area contributed by atoms with Gasteiger partial charge in [0, 0.05) is 37.9 Å². The number of piperazine rings is 1. The molecular weight excluding hydrogens is 243 g/mol. The molecule has 1 unspecified atom stereocenters. The summed E-state index contributed by atoms with van der Waals surface area (Å²) in [6.45, 7) is 7.24. The van der Waals surface area contributed by atoms with Crippen LogP contribution in [0.25, 0.3) is 0 Å². The minimum absolute atomic E-state index is 0.100.